The lowest BCUT2D eigenvalue weighted by molar-refractivity contribution is 0.398. The van der Waals surface area contributed by atoms with Gasteiger partial charge in [0.05, 0.1) is 12.8 Å². The van der Waals surface area contributed by atoms with Crippen molar-refractivity contribution in [1.82, 2.24) is 9.97 Å². The summed E-state index contributed by atoms with van der Waals surface area (Å²) in [5.41, 5.74) is 0.826. The van der Waals surface area contributed by atoms with Crippen molar-refractivity contribution in [2.75, 3.05) is 7.11 Å². The highest BCUT2D eigenvalue weighted by molar-refractivity contribution is 6.36. The Morgan fingerprint density at radius 2 is 1.95 bits per heavy atom. The summed E-state index contributed by atoms with van der Waals surface area (Å²) in [6, 6.07) is 7.95. The van der Waals surface area contributed by atoms with Crippen LogP contribution in [0.4, 0.5) is 8.63 Å². The molecule has 0 aliphatic rings. The van der Waals surface area contributed by atoms with E-state index in [-0.39, 0.29) is 10.9 Å². The van der Waals surface area contributed by atoms with Crippen LogP contribution in [0.5, 0.6) is 5.75 Å². The van der Waals surface area contributed by atoms with Crippen molar-refractivity contribution in [2.24, 2.45) is 0 Å². The second kappa shape index (κ2) is 7.03. The summed E-state index contributed by atoms with van der Waals surface area (Å²) in [6.45, 7) is 0. The molecule has 4 nitrogen and oxygen atoms in total. The molecule has 0 radical (unpaired) electrons. The molecule has 1 aromatic heterocycles. The fourth-order valence-corrected chi connectivity index (χ4v) is 1.75. The third-order valence-corrected chi connectivity index (χ3v) is 2.73. The van der Waals surface area contributed by atoms with Crippen molar-refractivity contribution in [3.63, 3.8) is 0 Å². The zero-order valence-electron chi connectivity index (χ0n) is 11.0. The molecular weight excluding hydrogens is 300 g/mol. The minimum Gasteiger partial charge on any atom is -0.505 e. The van der Waals surface area contributed by atoms with Gasteiger partial charge in [-0.05, 0) is 24.3 Å². The first-order valence-corrected chi connectivity index (χ1v) is 6.25. The van der Waals surface area contributed by atoms with Gasteiger partial charge in [-0.25, -0.2) is 18.6 Å². The number of ether oxygens (including phenoxy) is 1. The summed E-state index contributed by atoms with van der Waals surface area (Å²) < 4.78 is 34.7. The lowest BCUT2D eigenvalue weighted by Gasteiger charge is -2.09. The van der Waals surface area contributed by atoms with Gasteiger partial charge >= 0.3 is 7.47 Å². The first-order valence-electron chi connectivity index (χ1n) is 5.87. The van der Waals surface area contributed by atoms with Crippen LogP contribution >= 0.6 is 11.6 Å². The van der Waals surface area contributed by atoms with Gasteiger partial charge in [0.15, 0.2) is 0 Å². The third-order valence-electron chi connectivity index (χ3n) is 2.52. The van der Waals surface area contributed by atoms with Crippen LogP contribution in [0.1, 0.15) is 11.3 Å². The van der Waals surface area contributed by atoms with E-state index >= 15 is 0 Å². The van der Waals surface area contributed by atoms with Gasteiger partial charge in [-0.3, -0.25) is 0 Å². The zero-order valence-corrected chi connectivity index (χ0v) is 11.7. The molecule has 0 aliphatic carbocycles. The summed E-state index contributed by atoms with van der Waals surface area (Å²) >= 11 is 5.73. The SMILES string of the molecule is COc1ccc(/C(=C\c2cc(Cl)ncn2)OB(F)F)cc1. The van der Waals surface area contributed by atoms with Gasteiger partial charge < -0.3 is 9.39 Å². The highest BCUT2D eigenvalue weighted by atomic mass is 35.5. The van der Waals surface area contributed by atoms with E-state index in [1.54, 1.807) is 24.3 Å². The molecule has 0 unspecified atom stereocenters. The number of hydrogen-bond donors (Lipinski definition) is 0. The predicted octanol–water partition coefficient (Wildman–Crippen LogP) is 3.58. The highest BCUT2D eigenvalue weighted by Gasteiger charge is 2.20. The van der Waals surface area contributed by atoms with E-state index in [0.717, 1.165) is 0 Å². The molecule has 1 heterocycles. The number of benzene rings is 1. The molecule has 2 rings (SSSR count). The maximum absolute atomic E-state index is 12.6. The van der Waals surface area contributed by atoms with E-state index in [4.69, 9.17) is 16.3 Å². The smallest absolute Gasteiger partial charge is 0.505 e. The van der Waals surface area contributed by atoms with Crippen LogP contribution in [0.3, 0.4) is 0 Å². The molecule has 2 aromatic rings. The molecule has 0 fully saturated rings. The minimum atomic E-state index is -2.95. The summed E-state index contributed by atoms with van der Waals surface area (Å²) in [5, 5.41) is 0.211. The zero-order chi connectivity index (χ0) is 15.2. The monoisotopic (exact) mass is 310 g/mol. The van der Waals surface area contributed by atoms with Crippen LogP contribution in [-0.2, 0) is 4.65 Å². The second-order valence-electron chi connectivity index (χ2n) is 3.88. The van der Waals surface area contributed by atoms with Crippen LogP contribution in [0.15, 0.2) is 36.7 Å². The number of nitrogens with zero attached hydrogens (tertiary/aromatic N) is 2. The Morgan fingerprint density at radius 3 is 2.52 bits per heavy atom. The van der Waals surface area contributed by atoms with Gasteiger partial charge in [-0.15, -0.1) is 0 Å². The molecule has 8 heteroatoms. The highest BCUT2D eigenvalue weighted by Crippen LogP contribution is 2.23. The molecule has 0 aliphatic heterocycles. The van der Waals surface area contributed by atoms with Gasteiger partial charge in [-0.1, -0.05) is 11.6 Å². The Morgan fingerprint density at radius 1 is 1.24 bits per heavy atom. The average Bonchev–Trinajstić information content (AvgIpc) is 2.46. The normalized spacial score (nSPS) is 11.1. The molecule has 1 aromatic carbocycles. The van der Waals surface area contributed by atoms with E-state index in [1.807, 2.05) is 0 Å². The first kappa shape index (κ1) is 15.2. The molecule has 0 saturated carbocycles. The lowest BCUT2D eigenvalue weighted by Crippen LogP contribution is -2.04. The summed E-state index contributed by atoms with van der Waals surface area (Å²) in [5.74, 6) is 0.586. The molecule has 0 spiro atoms. The Bertz CT molecular complexity index is 638. The van der Waals surface area contributed by atoms with E-state index in [1.165, 1.54) is 25.6 Å². The number of hydrogen-bond acceptors (Lipinski definition) is 4. The van der Waals surface area contributed by atoms with Crippen molar-refractivity contribution in [1.29, 1.82) is 0 Å². The Hall–Kier alpha value is -2.15. The van der Waals surface area contributed by atoms with Crippen LogP contribution < -0.4 is 4.74 Å². The molecule has 0 N–H and O–H groups in total. The Balaban J connectivity index is 2.37. The van der Waals surface area contributed by atoms with Crippen LogP contribution in [0.25, 0.3) is 11.8 Å². The summed E-state index contributed by atoms with van der Waals surface area (Å²) in [7, 11) is -1.43. The van der Waals surface area contributed by atoms with Crippen molar-refractivity contribution < 1.29 is 18.0 Å². The lowest BCUT2D eigenvalue weighted by atomic mass is 10.1. The standard InChI is InChI=1S/C13H10BClF2N2O2/c1-20-11-4-2-9(3-5-11)12(21-14(16)17)6-10-7-13(15)19-8-18-10/h2-8H,1H3/b12-6+. The van der Waals surface area contributed by atoms with Gasteiger partial charge in [0.25, 0.3) is 0 Å². The van der Waals surface area contributed by atoms with Crippen molar-refractivity contribution in [2.45, 2.75) is 0 Å². The number of rotatable bonds is 5. The minimum absolute atomic E-state index is 0.0255. The molecule has 0 bridgehead atoms. The van der Waals surface area contributed by atoms with Gasteiger partial charge in [-0.2, -0.15) is 0 Å². The topological polar surface area (TPSA) is 44.2 Å². The number of methoxy groups -OCH3 is 1. The second-order valence-corrected chi connectivity index (χ2v) is 4.27. The fourth-order valence-electron chi connectivity index (χ4n) is 1.60. The molecule has 0 atom stereocenters. The fraction of sp³-hybridized carbons (Fsp3) is 0.0769. The Labute approximate surface area is 125 Å². The molecule has 0 saturated heterocycles. The number of halogens is 3. The molecule has 21 heavy (non-hydrogen) atoms. The van der Waals surface area contributed by atoms with Gasteiger partial charge in [0.2, 0.25) is 0 Å². The summed E-state index contributed by atoms with van der Waals surface area (Å²) in [6.07, 6.45) is 2.60. The van der Waals surface area contributed by atoms with E-state index in [9.17, 15) is 8.63 Å². The van der Waals surface area contributed by atoms with Crippen LogP contribution in [0, 0.1) is 0 Å². The van der Waals surface area contributed by atoms with E-state index < -0.39 is 7.47 Å². The number of aromatic nitrogens is 2. The van der Waals surface area contributed by atoms with E-state index in [2.05, 4.69) is 14.6 Å². The Kier molecular flexibility index (Phi) is 5.11. The average molecular weight is 310 g/mol. The first-order chi connectivity index (χ1) is 10.1. The molecular formula is C13H10BClF2N2O2. The summed E-state index contributed by atoms with van der Waals surface area (Å²) in [4.78, 5) is 7.65. The van der Waals surface area contributed by atoms with Gasteiger partial charge in [0, 0.05) is 17.7 Å². The van der Waals surface area contributed by atoms with Gasteiger partial charge in [0.1, 0.15) is 23.0 Å². The molecule has 0 amide bonds. The van der Waals surface area contributed by atoms with Crippen LogP contribution in [-0.4, -0.2) is 24.5 Å². The molecule has 108 valence electrons. The quantitative estimate of drug-likeness (QED) is 0.481. The largest absolute Gasteiger partial charge is 0.796 e. The van der Waals surface area contributed by atoms with Crippen molar-refractivity contribution in [3.8, 4) is 5.75 Å². The maximum Gasteiger partial charge on any atom is 0.796 e. The van der Waals surface area contributed by atoms with E-state index in [0.29, 0.717) is 17.0 Å². The van der Waals surface area contributed by atoms with Crippen LogP contribution in [0.2, 0.25) is 5.15 Å². The predicted molar refractivity (Wildman–Crippen MR) is 77.0 cm³/mol. The third kappa shape index (κ3) is 4.42. The van der Waals surface area contributed by atoms with Crippen molar-refractivity contribution >= 4 is 30.9 Å². The maximum atomic E-state index is 12.6. The van der Waals surface area contributed by atoms with Crippen molar-refractivity contribution in [3.05, 3.63) is 53.1 Å².